The lowest BCUT2D eigenvalue weighted by molar-refractivity contribution is -0.143. The highest BCUT2D eigenvalue weighted by molar-refractivity contribution is 6.34. The van der Waals surface area contributed by atoms with Crippen molar-refractivity contribution in [2.45, 2.75) is 19.2 Å². The van der Waals surface area contributed by atoms with E-state index in [0.717, 1.165) is 13.1 Å². The van der Waals surface area contributed by atoms with Crippen LogP contribution in [0.15, 0.2) is 6.07 Å². The molecule has 0 aliphatic carbocycles. The van der Waals surface area contributed by atoms with E-state index in [9.17, 15) is 22.4 Å². The molecule has 1 aromatic heterocycles. The Kier molecular flexibility index (Phi) is 3.82. The van der Waals surface area contributed by atoms with Gasteiger partial charge in [0.15, 0.2) is 11.8 Å². The molecule has 0 saturated carbocycles. The number of nitrogens with zero attached hydrogens (tertiary/aromatic N) is 2. The second-order valence-electron chi connectivity index (χ2n) is 5.40. The highest BCUT2D eigenvalue weighted by Crippen LogP contribution is 2.46. The number of fused-ring (bicyclic) bond motifs is 1. The molecular formula is C14H11ClF4N4O2. The number of aromatic nitrogens is 2. The van der Waals surface area contributed by atoms with E-state index in [1.807, 2.05) is 0 Å². The summed E-state index contributed by atoms with van der Waals surface area (Å²) >= 11 is 5.78. The van der Waals surface area contributed by atoms with Gasteiger partial charge in [-0.1, -0.05) is 11.6 Å². The van der Waals surface area contributed by atoms with Gasteiger partial charge in [-0.25, -0.2) is 4.39 Å². The van der Waals surface area contributed by atoms with E-state index >= 15 is 0 Å². The smallest absolute Gasteiger partial charge is 0.434 e. The minimum atomic E-state index is -4.79. The Morgan fingerprint density at radius 3 is 2.64 bits per heavy atom. The molecule has 3 rings (SSSR count). The zero-order chi connectivity index (χ0) is 18.7. The largest absolute Gasteiger partial charge is 0.479 e. The second kappa shape index (κ2) is 5.51. The van der Waals surface area contributed by atoms with Crippen LogP contribution in [0.5, 0.6) is 5.75 Å². The molecule has 6 nitrogen and oxygen atoms in total. The zero-order valence-corrected chi connectivity index (χ0v) is 13.6. The van der Waals surface area contributed by atoms with Crippen molar-refractivity contribution in [3.8, 4) is 17.0 Å². The van der Waals surface area contributed by atoms with E-state index in [1.165, 1.54) is 6.92 Å². The fraction of sp³-hybridized carbons (Fsp3) is 0.286. The van der Waals surface area contributed by atoms with Crippen LogP contribution in [0.1, 0.15) is 12.6 Å². The maximum absolute atomic E-state index is 14.5. The van der Waals surface area contributed by atoms with Crippen molar-refractivity contribution in [2.24, 2.45) is 7.05 Å². The predicted octanol–water partition coefficient (Wildman–Crippen LogP) is 3.20. The van der Waals surface area contributed by atoms with Crippen LogP contribution in [-0.2, 0) is 18.0 Å². The summed E-state index contributed by atoms with van der Waals surface area (Å²) in [6, 6.07) is 0.912. The molecule has 0 saturated heterocycles. The number of halogens is 5. The summed E-state index contributed by atoms with van der Waals surface area (Å²) < 4.78 is 59.4. The molecule has 0 radical (unpaired) electrons. The summed E-state index contributed by atoms with van der Waals surface area (Å²) in [5.74, 6) is -1.54. The number of nitrogen functional groups attached to an aromatic ring is 1. The molecule has 0 spiro atoms. The average molecular weight is 379 g/mol. The first kappa shape index (κ1) is 17.3. The maximum atomic E-state index is 14.5. The average Bonchev–Trinajstić information content (AvgIpc) is 2.76. The summed E-state index contributed by atoms with van der Waals surface area (Å²) in [6.45, 7) is 1.45. The van der Waals surface area contributed by atoms with Crippen molar-refractivity contribution >= 4 is 28.9 Å². The van der Waals surface area contributed by atoms with E-state index in [4.69, 9.17) is 22.1 Å². The molecular weight excluding hydrogens is 368 g/mol. The van der Waals surface area contributed by atoms with E-state index < -0.39 is 46.0 Å². The molecule has 2 aromatic rings. The summed E-state index contributed by atoms with van der Waals surface area (Å²) in [7, 11) is 1.03. The Morgan fingerprint density at radius 2 is 2.08 bits per heavy atom. The van der Waals surface area contributed by atoms with E-state index in [0.29, 0.717) is 4.68 Å². The number of rotatable bonds is 1. The number of anilines is 2. The molecule has 1 aliphatic heterocycles. The normalized spacial score (nSPS) is 17.1. The Balaban J connectivity index is 2.24. The Labute approximate surface area is 143 Å². The molecule has 0 bridgehead atoms. The number of carbonyl (C=O) groups is 1. The van der Waals surface area contributed by atoms with Crippen LogP contribution in [0.3, 0.4) is 0 Å². The van der Waals surface area contributed by atoms with E-state index in [-0.39, 0.29) is 17.1 Å². The molecule has 0 unspecified atom stereocenters. The summed E-state index contributed by atoms with van der Waals surface area (Å²) in [5.41, 5.74) is 3.31. The van der Waals surface area contributed by atoms with Gasteiger partial charge in [0, 0.05) is 13.1 Å². The van der Waals surface area contributed by atoms with Crippen molar-refractivity contribution in [2.75, 3.05) is 11.1 Å². The van der Waals surface area contributed by atoms with Gasteiger partial charge in [-0.2, -0.15) is 18.3 Å². The third-order valence-corrected chi connectivity index (χ3v) is 4.06. The van der Waals surface area contributed by atoms with Crippen LogP contribution in [0, 0.1) is 5.82 Å². The van der Waals surface area contributed by atoms with Gasteiger partial charge in [0.25, 0.3) is 5.91 Å². The van der Waals surface area contributed by atoms with Crippen LogP contribution >= 0.6 is 11.6 Å². The summed E-state index contributed by atoms with van der Waals surface area (Å²) in [6.07, 6.45) is -5.66. The van der Waals surface area contributed by atoms with Crippen molar-refractivity contribution in [1.82, 2.24) is 9.78 Å². The predicted molar refractivity (Wildman–Crippen MR) is 81.7 cm³/mol. The Hall–Kier alpha value is -2.49. The van der Waals surface area contributed by atoms with Gasteiger partial charge < -0.3 is 15.8 Å². The minimum absolute atomic E-state index is 0.0334. The first-order valence-corrected chi connectivity index (χ1v) is 7.29. The lowest BCUT2D eigenvalue weighted by atomic mass is 10.0. The number of aryl methyl sites for hydroxylation is 1. The van der Waals surface area contributed by atoms with Gasteiger partial charge in [0.05, 0.1) is 16.3 Å². The molecule has 134 valence electrons. The van der Waals surface area contributed by atoms with Crippen molar-refractivity contribution in [3.63, 3.8) is 0 Å². The number of ether oxygens (including phenoxy) is 1. The number of nitrogens with one attached hydrogen (secondary N) is 1. The highest BCUT2D eigenvalue weighted by Gasteiger charge is 2.40. The van der Waals surface area contributed by atoms with Crippen LogP contribution in [0.4, 0.5) is 28.9 Å². The Bertz CT molecular complexity index is 894. The first-order chi connectivity index (χ1) is 11.5. The minimum Gasteiger partial charge on any atom is -0.479 e. The number of benzene rings is 1. The van der Waals surface area contributed by atoms with Crippen molar-refractivity contribution < 1.29 is 27.1 Å². The van der Waals surface area contributed by atoms with Gasteiger partial charge in [-0.05, 0) is 6.92 Å². The second-order valence-corrected chi connectivity index (χ2v) is 5.78. The number of alkyl halides is 3. The molecule has 2 heterocycles. The standard InChI is InChI=1S/C14H11ClF4N4O2/c1-4-13(24)21-10-6(25-4)3-5(16)7(9(10)20)11-8(15)12(14(17,18)19)23(2)22-11/h3-4H,20H2,1-2H3,(H,21,24)/t4-/m1/s1. The van der Waals surface area contributed by atoms with Crippen LogP contribution in [0.2, 0.25) is 5.02 Å². The number of hydrogen-bond donors (Lipinski definition) is 2. The molecule has 1 atom stereocenters. The SMILES string of the molecule is C[C@H]1Oc2cc(F)c(-c3nn(C)c(C(F)(F)F)c3Cl)c(N)c2NC1=O. The molecule has 3 N–H and O–H groups in total. The number of amides is 1. The lowest BCUT2D eigenvalue weighted by Gasteiger charge is -2.25. The quantitative estimate of drug-likeness (QED) is 0.589. The summed E-state index contributed by atoms with van der Waals surface area (Å²) in [5, 5.41) is 5.28. The lowest BCUT2D eigenvalue weighted by Crippen LogP contribution is -2.35. The van der Waals surface area contributed by atoms with E-state index in [1.54, 1.807) is 0 Å². The fourth-order valence-electron chi connectivity index (χ4n) is 2.54. The summed E-state index contributed by atoms with van der Waals surface area (Å²) in [4.78, 5) is 11.7. The van der Waals surface area contributed by atoms with Crippen LogP contribution < -0.4 is 15.8 Å². The highest BCUT2D eigenvalue weighted by atomic mass is 35.5. The van der Waals surface area contributed by atoms with Gasteiger partial charge in [-0.15, -0.1) is 0 Å². The maximum Gasteiger partial charge on any atom is 0.434 e. The number of carbonyl (C=O) groups excluding carboxylic acids is 1. The molecule has 0 fully saturated rings. The van der Waals surface area contributed by atoms with Gasteiger partial charge in [-0.3, -0.25) is 9.48 Å². The monoisotopic (exact) mass is 378 g/mol. The van der Waals surface area contributed by atoms with Crippen LogP contribution in [-0.4, -0.2) is 21.8 Å². The molecule has 1 amide bonds. The van der Waals surface area contributed by atoms with Gasteiger partial charge in [0.2, 0.25) is 0 Å². The van der Waals surface area contributed by atoms with Gasteiger partial charge in [0.1, 0.15) is 22.9 Å². The first-order valence-electron chi connectivity index (χ1n) is 6.92. The third kappa shape index (κ3) is 2.66. The van der Waals surface area contributed by atoms with E-state index in [2.05, 4.69) is 10.4 Å². The Morgan fingerprint density at radius 1 is 1.44 bits per heavy atom. The fourth-order valence-corrected chi connectivity index (χ4v) is 2.90. The molecule has 1 aromatic carbocycles. The zero-order valence-electron chi connectivity index (χ0n) is 12.8. The number of nitrogens with two attached hydrogens (primary N) is 1. The van der Waals surface area contributed by atoms with Crippen molar-refractivity contribution in [1.29, 1.82) is 0 Å². The molecule has 1 aliphatic rings. The topological polar surface area (TPSA) is 82.2 Å². The van der Waals surface area contributed by atoms with Crippen LogP contribution in [0.25, 0.3) is 11.3 Å². The number of hydrogen-bond acceptors (Lipinski definition) is 4. The molecule has 25 heavy (non-hydrogen) atoms. The molecule has 11 heteroatoms. The van der Waals surface area contributed by atoms with Gasteiger partial charge >= 0.3 is 6.18 Å². The third-order valence-electron chi connectivity index (χ3n) is 3.70. The van der Waals surface area contributed by atoms with Crippen molar-refractivity contribution in [3.05, 3.63) is 22.6 Å².